The standard InChI is InChI=1S/C10H8BrN/c11-10-4-1-7(6-12)5-9(10)8-2-3-8/h1,4-5,8H,2-3H2. The number of benzene rings is 1. The van der Waals surface area contributed by atoms with Gasteiger partial charge in [-0.3, -0.25) is 0 Å². The summed E-state index contributed by atoms with van der Waals surface area (Å²) >= 11 is 3.49. The second-order valence-corrected chi connectivity index (χ2v) is 3.98. The lowest BCUT2D eigenvalue weighted by atomic mass is 10.1. The summed E-state index contributed by atoms with van der Waals surface area (Å²) in [7, 11) is 0. The first-order valence-electron chi connectivity index (χ1n) is 4.01. The van der Waals surface area contributed by atoms with E-state index in [-0.39, 0.29) is 0 Å². The van der Waals surface area contributed by atoms with E-state index in [0.717, 1.165) is 10.0 Å². The van der Waals surface area contributed by atoms with Crippen LogP contribution in [0, 0.1) is 11.3 Å². The molecule has 1 nitrogen and oxygen atoms in total. The van der Waals surface area contributed by atoms with Gasteiger partial charge in [0.25, 0.3) is 0 Å². The summed E-state index contributed by atoms with van der Waals surface area (Å²) in [5, 5.41) is 8.69. The molecule has 12 heavy (non-hydrogen) atoms. The highest BCUT2D eigenvalue weighted by molar-refractivity contribution is 9.10. The molecular formula is C10H8BrN. The van der Waals surface area contributed by atoms with Gasteiger partial charge in [0.2, 0.25) is 0 Å². The molecule has 1 aliphatic carbocycles. The molecular weight excluding hydrogens is 214 g/mol. The smallest absolute Gasteiger partial charge is 0.0991 e. The van der Waals surface area contributed by atoms with Crippen molar-refractivity contribution in [3.8, 4) is 6.07 Å². The number of rotatable bonds is 1. The molecule has 0 spiro atoms. The van der Waals surface area contributed by atoms with Crippen LogP contribution in [0.4, 0.5) is 0 Å². The molecule has 1 aromatic carbocycles. The number of hydrogen-bond acceptors (Lipinski definition) is 1. The van der Waals surface area contributed by atoms with E-state index in [9.17, 15) is 0 Å². The average molecular weight is 222 g/mol. The van der Waals surface area contributed by atoms with Gasteiger partial charge in [0, 0.05) is 4.47 Å². The topological polar surface area (TPSA) is 23.8 Å². The summed E-state index contributed by atoms with van der Waals surface area (Å²) in [5.74, 6) is 0.702. The van der Waals surface area contributed by atoms with Gasteiger partial charge in [-0.25, -0.2) is 0 Å². The Labute approximate surface area is 80.1 Å². The molecule has 0 amide bonds. The van der Waals surface area contributed by atoms with Gasteiger partial charge in [-0.2, -0.15) is 5.26 Å². The van der Waals surface area contributed by atoms with Crippen LogP contribution in [0.2, 0.25) is 0 Å². The van der Waals surface area contributed by atoms with Gasteiger partial charge in [-0.1, -0.05) is 15.9 Å². The van der Waals surface area contributed by atoms with Crippen LogP contribution in [0.1, 0.15) is 29.9 Å². The van der Waals surface area contributed by atoms with Crippen molar-refractivity contribution in [2.24, 2.45) is 0 Å². The molecule has 0 radical (unpaired) electrons. The first-order chi connectivity index (χ1) is 5.81. The third-order valence-electron chi connectivity index (χ3n) is 2.14. The molecule has 0 saturated heterocycles. The predicted molar refractivity (Wildman–Crippen MR) is 50.8 cm³/mol. The minimum Gasteiger partial charge on any atom is -0.192 e. The Hall–Kier alpha value is -0.810. The first kappa shape index (κ1) is 7.82. The zero-order valence-corrected chi connectivity index (χ0v) is 8.13. The molecule has 0 unspecified atom stereocenters. The van der Waals surface area contributed by atoms with Gasteiger partial charge in [0.15, 0.2) is 0 Å². The second kappa shape index (κ2) is 2.91. The van der Waals surface area contributed by atoms with Crippen molar-refractivity contribution in [1.82, 2.24) is 0 Å². The molecule has 0 aromatic heterocycles. The summed E-state index contributed by atoms with van der Waals surface area (Å²) in [4.78, 5) is 0. The van der Waals surface area contributed by atoms with Gasteiger partial charge in [-0.05, 0) is 42.5 Å². The third-order valence-corrected chi connectivity index (χ3v) is 2.86. The Morgan fingerprint density at radius 2 is 2.17 bits per heavy atom. The number of halogens is 1. The van der Waals surface area contributed by atoms with Crippen molar-refractivity contribution < 1.29 is 0 Å². The Morgan fingerprint density at radius 3 is 2.75 bits per heavy atom. The largest absolute Gasteiger partial charge is 0.192 e. The Morgan fingerprint density at radius 1 is 1.42 bits per heavy atom. The maximum Gasteiger partial charge on any atom is 0.0991 e. The lowest BCUT2D eigenvalue weighted by Gasteiger charge is -2.01. The summed E-state index contributed by atoms with van der Waals surface area (Å²) in [6.07, 6.45) is 2.54. The van der Waals surface area contributed by atoms with E-state index >= 15 is 0 Å². The fraction of sp³-hybridized carbons (Fsp3) is 0.300. The first-order valence-corrected chi connectivity index (χ1v) is 4.80. The molecule has 2 heteroatoms. The molecule has 1 saturated carbocycles. The number of nitrogens with zero attached hydrogens (tertiary/aromatic N) is 1. The normalized spacial score (nSPS) is 15.7. The zero-order valence-electron chi connectivity index (χ0n) is 6.55. The molecule has 0 N–H and O–H groups in total. The highest BCUT2D eigenvalue weighted by atomic mass is 79.9. The molecule has 2 rings (SSSR count). The Balaban J connectivity index is 2.44. The Bertz CT molecular complexity index is 347. The lowest BCUT2D eigenvalue weighted by Crippen LogP contribution is -1.83. The lowest BCUT2D eigenvalue weighted by molar-refractivity contribution is 1.11. The number of nitriles is 1. The van der Waals surface area contributed by atoms with Crippen molar-refractivity contribution in [2.75, 3.05) is 0 Å². The molecule has 0 bridgehead atoms. The van der Waals surface area contributed by atoms with E-state index in [0.29, 0.717) is 5.92 Å². The third kappa shape index (κ3) is 1.37. The van der Waals surface area contributed by atoms with Gasteiger partial charge < -0.3 is 0 Å². The maximum atomic E-state index is 8.69. The highest BCUT2D eigenvalue weighted by Crippen LogP contribution is 2.43. The monoisotopic (exact) mass is 221 g/mol. The van der Waals surface area contributed by atoms with Gasteiger partial charge in [-0.15, -0.1) is 0 Å². The van der Waals surface area contributed by atoms with E-state index in [1.165, 1.54) is 18.4 Å². The molecule has 60 valence electrons. The van der Waals surface area contributed by atoms with Crippen molar-refractivity contribution in [3.63, 3.8) is 0 Å². The fourth-order valence-electron chi connectivity index (χ4n) is 1.32. The van der Waals surface area contributed by atoms with Gasteiger partial charge in [0.1, 0.15) is 0 Å². The molecule has 0 atom stereocenters. The molecule has 0 aliphatic heterocycles. The zero-order chi connectivity index (χ0) is 8.55. The van der Waals surface area contributed by atoms with Crippen molar-refractivity contribution >= 4 is 15.9 Å². The molecule has 1 fully saturated rings. The van der Waals surface area contributed by atoms with Crippen LogP contribution in [0.3, 0.4) is 0 Å². The van der Waals surface area contributed by atoms with Crippen LogP contribution in [0.25, 0.3) is 0 Å². The quantitative estimate of drug-likeness (QED) is 0.715. The summed E-state index contributed by atoms with van der Waals surface area (Å²) in [5.41, 5.74) is 2.06. The molecule has 0 heterocycles. The summed E-state index contributed by atoms with van der Waals surface area (Å²) < 4.78 is 1.14. The maximum absolute atomic E-state index is 8.69. The van der Waals surface area contributed by atoms with Crippen molar-refractivity contribution in [3.05, 3.63) is 33.8 Å². The van der Waals surface area contributed by atoms with E-state index in [1.54, 1.807) is 0 Å². The van der Waals surface area contributed by atoms with Gasteiger partial charge in [0.05, 0.1) is 11.6 Å². The average Bonchev–Trinajstić information content (AvgIpc) is 2.88. The Kier molecular flexibility index (Phi) is 1.90. The van der Waals surface area contributed by atoms with E-state index in [1.807, 2.05) is 18.2 Å². The second-order valence-electron chi connectivity index (χ2n) is 3.12. The predicted octanol–water partition coefficient (Wildman–Crippen LogP) is 3.20. The summed E-state index contributed by atoms with van der Waals surface area (Å²) in [6, 6.07) is 7.95. The van der Waals surface area contributed by atoms with Crippen LogP contribution in [-0.4, -0.2) is 0 Å². The van der Waals surface area contributed by atoms with Crippen LogP contribution < -0.4 is 0 Å². The minimum atomic E-state index is 0.702. The van der Waals surface area contributed by atoms with Gasteiger partial charge >= 0.3 is 0 Å². The fourth-order valence-corrected chi connectivity index (χ4v) is 1.89. The SMILES string of the molecule is N#Cc1ccc(Br)c(C2CC2)c1. The van der Waals surface area contributed by atoms with Crippen LogP contribution in [-0.2, 0) is 0 Å². The van der Waals surface area contributed by atoms with E-state index in [4.69, 9.17) is 5.26 Å². The molecule has 1 aromatic rings. The van der Waals surface area contributed by atoms with Crippen LogP contribution in [0.15, 0.2) is 22.7 Å². The molecule has 1 aliphatic rings. The van der Waals surface area contributed by atoms with Crippen molar-refractivity contribution in [2.45, 2.75) is 18.8 Å². The van der Waals surface area contributed by atoms with Crippen LogP contribution >= 0.6 is 15.9 Å². The van der Waals surface area contributed by atoms with Crippen molar-refractivity contribution in [1.29, 1.82) is 5.26 Å². The van der Waals surface area contributed by atoms with E-state index in [2.05, 4.69) is 22.0 Å². The van der Waals surface area contributed by atoms with Crippen LogP contribution in [0.5, 0.6) is 0 Å². The summed E-state index contributed by atoms with van der Waals surface area (Å²) in [6.45, 7) is 0. The number of hydrogen-bond donors (Lipinski definition) is 0. The highest BCUT2D eigenvalue weighted by Gasteiger charge is 2.25. The van der Waals surface area contributed by atoms with E-state index < -0.39 is 0 Å². The minimum absolute atomic E-state index is 0.702.